The normalized spacial score (nSPS) is 10.3. The van der Waals surface area contributed by atoms with Crippen molar-refractivity contribution in [2.45, 2.75) is 6.92 Å². The van der Waals surface area contributed by atoms with Crippen molar-refractivity contribution < 1.29 is 4.74 Å². The number of aryl methyl sites for hydroxylation is 1. The van der Waals surface area contributed by atoms with Gasteiger partial charge in [-0.25, -0.2) is 4.98 Å². The highest BCUT2D eigenvalue weighted by molar-refractivity contribution is 6.31. The lowest BCUT2D eigenvalue weighted by Gasteiger charge is -2.11. The molecular weight excluding hydrogens is 238 g/mol. The quantitative estimate of drug-likeness (QED) is 0.832. The molecule has 17 heavy (non-hydrogen) atoms. The van der Waals surface area contributed by atoms with Gasteiger partial charge in [-0.05, 0) is 12.5 Å². The Balaban J connectivity index is 2.70. The number of hydrogen-bond acceptors (Lipinski definition) is 4. The van der Waals surface area contributed by atoms with E-state index in [2.05, 4.69) is 9.97 Å². The summed E-state index contributed by atoms with van der Waals surface area (Å²) in [7, 11) is 1.53. The standard InChI is InChI=1S/C12H12ClN3O/c1-7-5-3-4-6-8(7)9-10(17-2)11(13)16-12(14)15-9/h3-6H,1-2H3,(H2,14,15,16). The number of nitrogen functional groups attached to an aromatic ring is 1. The zero-order valence-corrected chi connectivity index (χ0v) is 10.3. The van der Waals surface area contributed by atoms with Crippen LogP contribution >= 0.6 is 11.6 Å². The summed E-state index contributed by atoms with van der Waals surface area (Å²) in [4.78, 5) is 8.06. The molecule has 5 heteroatoms. The maximum atomic E-state index is 5.98. The molecule has 0 saturated carbocycles. The van der Waals surface area contributed by atoms with E-state index in [0.717, 1.165) is 11.1 Å². The summed E-state index contributed by atoms with van der Waals surface area (Å²) in [5.41, 5.74) is 8.22. The second kappa shape index (κ2) is 4.59. The van der Waals surface area contributed by atoms with Gasteiger partial charge in [0.25, 0.3) is 0 Å². The lowest BCUT2D eigenvalue weighted by Crippen LogP contribution is -2.01. The van der Waals surface area contributed by atoms with Gasteiger partial charge in [0.15, 0.2) is 10.9 Å². The number of methoxy groups -OCH3 is 1. The molecule has 1 aromatic carbocycles. The zero-order valence-electron chi connectivity index (χ0n) is 9.57. The van der Waals surface area contributed by atoms with E-state index < -0.39 is 0 Å². The van der Waals surface area contributed by atoms with Crippen LogP contribution in [0.4, 0.5) is 5.95 Å². The first-order valence-corrected chi connectivity index (χ1v) is 5.44. The Morgan fingerprint density at radius 2 is 1.94 bits per heavy atom. The molecule has 88 valence electrons. The summed E-state index contributed by atoms with van der Waals surface area (Å²) >= 11 is 5.98. The molecule has 1 heterocycles. The zero-order chi connectivity index (χ0) is 12.4. The van der Waals surface area contributed by atoms with Gasteiger partial charge in [0.05, 0.1) is 7.11 Å². The second-order valence-electron chi connectivity index (χ2n) is 3.57. The van der Waals surface area contributed by atoms with Crippen molar-refractivity contribution in [2.24, 2.45) is 0 Å². The van der Waals surface area contributed by atoms with Gasteiger partial charge >= 0.3 is 0 Å². The van der Waals surface area contributed by atoms with Crippen molar-refractivity contribution in [1.29, 1.82) is 0 Å². The molecule has 0 aliphatic carbocycles. The lowest BCUT2D eigenvalue weighted by molar-refractivity contribution is 0.413. The van der Waals surface area contributed by atoms with Crippen LogP contribution in [0, 0.1) is 6.92 Å². The maximum Gasteiger partial charge on any atom is 0.222 e. The van der Waals surface area contributed by atoms with Crippen LogP contribution in [0.1, 0.15) is 5.56 Å². The van der Waals surface area contributed by atoms with Crippen LogP contribution in [-0.2, 0) is 0 Å². The van der Waals surface area contributed by atoms with Crippen molar-refractivity contribution in [3.8, 4) is 17.0 Å². The van der Waals surface area contributed by atoms with Gasteiger partial charge in [-0.1, -0.05) is 35.9 Å². The minimum absolute atomic E-state index is 0.133. The molecule has 0 atom stereocenters. The number of rotatable bonds is 2. The topological polar surface area (TPSA) is 61.0 Å². The molecule has 4 nitrogen and oxygen atoms in total. The van der Waals surface area contributed by atoms with Gasteiger partial charge in [-0.3, -0.25) is 0 Å². The van der Waals surface area contributed by atoms with E-state index >= 15 is 0 Å². The van der Waals surface area contributed by atoms with Crippen LogP contribution in [0.25, 0.3) is 11.3 Å². The molecule has 2 N–H and O–H groups in total. The van der Waals surface area contributed by atoms with Crippen LogP contribution < -0.4 is 10.5 Å². The average Bonchev–Trinajstić information content (AvgIpc) is 2.28. The van der Waals surface area contributed by atoms with Crippen molar-refractivity contribution in [3.63, 3.8) is 0 Å². The van der Waals surface area contributed by atoms with Gasteiger partial charge in [0.2, 0.25) is 5.95 Å². The van der Waals surface area contributed by atoms with Crippen LogP contribution in [0.3, 0.4) is 0 Å². The Hall–Kier alpha value is -1.81. The summed E-state index contributed by atoms with van der Waals surface area (Å²) in [5, 5.41) is 0.221. The molecule has 0 aliphatic heterocycles. The predicted molar refractivity (Wildman–Crippen MR) is 68.2 cm³/mol. The third-order valence-corrected chi connectivity index (χ3v) is 2.70. The summed E-state index contributed by atoms with van der Waals surface area (Å²) in [6.07, 6.45) is 0. The van der Waals surface area contributed by atoms with E-state index in [9.17, 15) is 0 Å². The monoisotopic (exact) mass is 249 g/mol. The third kappa shape index (κ3) is 2.17. The number of halogens is 1. The SMILES string of the molecule is COc1c(Cl)nc(N)nc1-c1ccccc1C. The largest absolute Gasteiger partial charge is 0.491 e. The highest BCUT2D eigenvalue weighted by atomic mass is 35.5. The molecular formula is C12H12ClN3O. The Bertz CT molecular complexity index is 557. The second-order valence-corrected chi connectivity index (χ2v) is 3.93. The number of aromatic nitrogens is 2. The molecule has 0 saturated heterocycles. The molecule has 0 spiro atoms. The first-order valence-electron chi connectivity index (χ1n) is 5.06. The van der Waals surface area contributed by atoms with Crippen LogP contribution in [-0.4, -0.2) is 17.1 Å². The first-order chi connectivity index (χ1) is 8.13. The summed E-state index contributed by atoms with van der Waals surface area (Å²) in [6.45, 7) is 1.99. The maximum absolute atomic E-state index is 5.98. The van der Waals surface area contributed by atoms with Gasteiger partial charge in [0.1, 0.15) is 5.69 Å². The van der Waals surface area contributed by atoms with Gasteiger partial charge < -0.3 is 10.5 Å². The molecule has 0 radical (unpaired) electrons. The Morgan fingerprint density at radius 3 is 2.59 bits per heavy atom. The van der Waals surface area contributed by atoms with Gasteiger partial charge in [-0.15, -0.1) is 0 Å². The molecule has 0 bridgehead atoms. The van der Waals surface area contributed by atoms with Crippen LogP contribution in [0.15, 0.2) is 24.3 Å². The molecule has 0 aliphatic rings. The Kier molecular flexibility index (Phi) is 3.15. The molecule has 0 unspecified atom stereocenters. The fourth-order valence-electron chi connectivity index (χ4n) is 1.64. The number of hydrogen-bond donors (Lipinski definition) is 1. The Morgan fingerprint density at radius 1 is 1.24 bits per heavy atom. The highest BCUT2D eigenvalue weighted by Gasteiger charge is 2.15. The van der Waals surface area contributed by atoms with Crippen molar-refractivity contribution in [1.82, 2.24) is 9.97 Å². The summed E-state index contributed by atoms with van der Waals surface area (Å²) < 4.78 is 5.23. The van der Waals surface area contributed by atoms with E-state index in [1.165, 1.54) is 7.11 Å². The number of anilines is 1. The van der Waals surface area contributed by atoms with E-state index in [1.54, 1.807) is 0 Å². The Labute approximate surface area is 104 Å². The number of ether oxygens (including phenoxy) is 1. The van der Waals surface area contributed by atoms with Crippen molar-refractivity contribution >= 4 is 17.5 Å². The molecule has 1 aromatic heterocycles. The van der Waals surface area contributed by atoms with E-state index in [1.807, 2.05) is 31.2 Å². The van der Waals surface area contributed by atoms with Gasteiger partial charge in [-0.2, -0.15) is 4.98 Å². The highest BCUT2D eigenvalue weighted by Crippen LogP contribution is 2.35. The number of benzene rings is 1. The minimum atomic E-state index is 0.133. The van der Waals surface area contributed by atoms with E-state index in [4.69, 9.17) is 22.1 Å². The van der Waals surface area contributed by atoms with Crippen molar-refractivity contribution in [3.05, 3.63) is 35.0 Å². The van der Waals surface area contributed by atoms with E-state index in [-0.39, 0.29) is 11.1 Å². The van der Waals surface area contributed by atoms with E-state index in [0.29, 0.717) is 11.4 Å². The third-order valence-electron chi connectivity index (χ3n) is 2.45. The minimum Gasteiger partial charge on any atom is -0.491 e. The van der Waals surface area contributed by atoms with Gasteiger partial charge in [0, 0.05) is 5.56 Å². The molecule has 0 fully saturated rings. The molecule has 0 amide bonds. The molecule has 2 rings (SSSR count). The molecule has 2 aromatic rings. The summed E-state index contributed by atoms with van der Waals surface area (Å²) in [5.74, 6) is 0.573. The average molecular weight is 250 g/mol. The fourth-order valence-corrected chi connectivity index (χ4v) is 1.89. The summed E-state index contributed by atoms with van der Waals surface area (Å²) in [6, 6.07) is 7.81. The van der Waals surface area contributed by atoms with Crippen LogP contribution in [0.5, 0.6) is 5.75 Å². The smallest absolute Gasteiger partial charge is 0.222 e. The lowest BCUT2D eigenvalue weighted by atomic mass is 10.1. The fraction of sp³-hybridized carbons (Fsp3) is 0.167. The van der Waals surface area contributed by atoms with Crippen LogP contribution in [0.2, 0.25) is 5.15 Å². The predicted octanol–water partition coefficient (Wildman–Crippen LogP) is 2.70. The number of nitrogens with zero attached hydrogens (tertiary/aromatic N) is 2. The first kappa shape index (κ1) is 11.7. The number of nitrogens with two attached hydrogens (primary N) is 1. The van der Waals surface area contributed by atoms with Crippen molar-refractivity contribution in [2.75, 3.05) is 12.8 Å².